The molecule has 2 heterocycles. The summed E-state index contributed by atoms with van der Waals surface area (Å²) in [7, 11) is 0. The Hall–Kier alpha value is -2.12. The highest BCUT2D eigenvalue weighted by Gasteiger charge is 2.19. The van der Waals surface area contributed by atoms with Gasteiger partial charge in [-0.25, -0.2) is 18.7 Å². The first kappa shape index (κ1) is 20.2. The van der Waals surface area contributed by atoms with Crippen LogP contribution in [0.4, 0.5) is 14.6 Å². The number of aryl methyl sites for hydroxylation is 2. The highest BCUT2D eigenvalue weighted by Crippen LogP contribution is 2.27. The predicted octanol–water partition coefficient (Wildman–Crippen LogP) is 5.10. The molecule has 2 N–H and O–H groups in total. The van der Waals surface area contributed by atoms with Crippen molar-refractivity contribution in [3.8, 4) is 0 Å². The molecule has 3 aromatic rings. The van der Waals surface area contributed by atoms with Crippen molar-refractivity contribution >= 4 is 30.0 Å². The van der Waals surface area contributed by atoms with Crippen molar-refractivity contribution in [1.29, 1.82) is 0 Å². The molecule has 1 atom stereocenters. The monoisotopic (exact) mass is 396 g/mol. The summed E-state index contributed by atoms with van der Waals surface area (Å²) in [5, 5.41) is 3.20. The lowest BCUT2D eigenvalue weighted by Gasteiger charge is -2.18. The van der Waals surface area contributed by atoms with Gasteiger partial charge in [0.15, 0.2) is 0 Å². The highest BCUT2D eigenvalue weighted by atomic mass is 35.5. The number of pyridine rings is 1. The summed E-state index contributed by atoms with van der Waals surface area (Å²) in [6, 6.07) is 6.91. The Bertz CT molecular complexity index is 885. The van der Waals surface area contributed by atoms with Crippen molar-refractivity contribution in [2.75, 3.05) is 11.6 Å². The standard InChI is InChI=1S/C17H15ClF2N4.CH4S/c1-9-8-21-17(22-9)16(11-3-4-12(18)14(20)7-11)24-15-6-5-13(19)10(2)23-15;1-2/h3-8,16H,1-2H3,(H,21,22)(H,23,24);2H,1H3/t16-;/m1./s1. The molecular weight excluding hydrogens is 378 g/mol. The minimum atomic E-state index is -0.521. The van der Waals surface area contributed by atoms with Crippen molar-refractivity contribution < 1.29 is 8.78 Å². The fourth-order valence-electron chi connectivity index (χ4n) is 2.35. The van der Waals surface area contributed by atoms with E-state index in [2.05, 4.69) is 32.9 Å². The highest BCUT2D eigenvalue weighted by molar-refractivity contribution is 7.79. The zero-order valence-corrected chi connectivity index (χ0v) is 16.2. The van der Waals surface area contributed by atoms with E-state index < -0.39 is 11.9 Å². The van der Waals surface area contributed by atoms with Crippen molar-refractivity contribution in [3.05, 3.63) is 76.0 Å². The molecule has 0 amide bonds. The first-order valence-corrected chi connectivity index (χ1v) is 9.02. The summed E-state index contributed by atoms with van der Waals surface area (Å²) in [6.45, 7) is 3.45. The number of aromatic nitrogens is 3. The lowest BCUT2D eigenvalue weighted by molar-refractivity contribution is 0.609. The summed E-state index contributed by atoms with van der Waals surface area (Å²) in [6.07, 6.45) is 3.37. The molecule has 0 saturated heterocycles. The van der Waals surface area contributed by atoms with Gasteiger partial charge < -0.3 is 10.3 Å². The molecule has 2 aromatic heterocycles. The Balaban J connectivity index is 0.00000117. The van der Waals surface area contributed by atoms with Crippen LogP contribution in [0.15, 0.2) is 36.5 Å². The van der Waals surface area contributed by atoms with Crippen LogP contribution < -0.4 is 5.32 Å². The minimum absolute atomic E-state index is 0.0453. The maximum Gasteiger partial charge on any atom is 0.144 e. The first-order valence-electron chi connectivity index (χ1n) is 7.75. The molecule has 0 bridgehead atoms. The van der Waals surface area contributed by atoms with Gasteiger partial charge in [0.05, 0.1) is 10.7 Å². The van der Waals surface area contributed by atoms with E-state index >= 15 is 0 Å². The van der Waals surface area contributed by atoms with Gasteiger partial charge in [0.2, 0.25) is 0 Å². The van der Waals surface area contributed by atoms with Gasteiger partial charge in [0.25, 0.3) is 0 Å². The summed E-state index contributed by atoms with van der Waals surface area (Å²) in [4.78, 5) is 11.6. The average Bonchev–Trinajstić information content (AvgIpc) is 3.06. The van der Waals surface area contributed by atoms with E-state index in [4.69, 9.17) is 11.6 Å². The number of thiol groups is 1. The molecule has 4 nitrogen and oxygen atoms in total. The summed E-state index contributed by atoms with van der Waals surface area (Å²) in [5.41, 5.74) is 1.76. The molecule has 0 aliphatic heterocycles. The number of halogens is 3. The molecular formula is C18H19ClF2N4S. The summed E-state index contributed by atoms with van der Waals surface area (Å²) >= 11 is 9.29. The zero-order valence-electron chi connectivity index (χ0n) is 14.5. The van der Waals surface area contributed by atoms with Crippen LogP contribution in [0, 0.1) is 25.5 Å². The van der Waals surface area contributed by atoms with Crippen LogP contribution in [0.1, 0.15) is 28.8 Å². The maximum absolute atomic E-state index is 13.9. The van der Waals surface area contributed by atoms with E-state index in [-0.39, 0.29) is 16.5 Å². The SMILES string of the molecule is CS.Cc1cnc([C@H](Nc2ccc(F)c(C)n2)c2ccc(Cl)c(F)c2)[nH]1. The minimum Gasteiger partial charge on any atom is -0.356 e. The third-order valence-corrected chi connectivity index (χ3v) is 3.89. The topological polar surface area (TPSA) is 53.6 Å². The van der Waals surface area contributed by atoms with E-state index in [0.29, 0.717) is 17.2 Å². The molecule has 0 fully saturated rings. The van der Waals surface area contributed by atoms with Crippen LogP contribution >= 0.6 is 24.2 Å². The Morgan fingerprint density at radius 1 is 1.12 bits per heavy atom. The first-order chi connectivity index (χ1) is 12.4. The second-order valence-corrected chi connectivity index (χ2v) is 5.87. The number of hydrogen-bond acceptors (Lipinski definition) is 4. The van der Waals surface area contributed by atoms with E-state index in [0.717, 1.165) is 5.69 Å². The fraction of sp³-hybridized carbons (Fsp3) is 0.222. The number of nitrogens with one attached hydrogen (secondary N) is 2. The Morgan fingerprint density at radius 3 is 2.42 bits per heavy atom. The number of anilines is 1. The molecule has 0 spiro atoms. The van der Waals surface area contributed by atoms with Crippen molar-refractivity contribution in [2.24, 2.45) is 0 Å². The van der Waals surface area contributed by atoms with Crippen LogP contribution in [0.25, 0.3) is 0 Å². The number of benzene rings is 1. The molecule has 0 saturated carbocycles. The summed E-state index contributed by atoms with van der Waals surface area (Å²) < 4.78 is 27.3. The van der Waals surface area contributed by atoms with Crippen LogP contribution in [0.5, 0.6) is 0 Å². The third-order valence-electron chi connectivity index (χ3n) is 3.59. The molecule has 138 valence electrons. The molecule has 3 rings (SSSR count). The average molecular weight is 397 g/mol. The van der Waals surface area contributed by atoms with Crippen LogP contribution in [0.2, 0.25) is 5.02 Å². The van der Waals surface area contributed by atoms with Crippen molar-refractivity contribution in [1.82, 2.24) is 15.0 Å². The lowest BCUT2D eigenvalue weighted by Crippen LogP contribution is -2.15. The predicted molar refractivity (Wildman–Crippen MR) is 104 cm³/mol. The number of imidazole rings is 1. The molecule has 0 radical (unpaired) electrons. The second-order valence-electron chi connectivity index (χ2n) is 5.47. The normalized spacial score (nSPS) is 11.5. The molecule has 0 unspecified atom stereocenters. The van der Waals surface area contributed by atoms with Gasteiger partial charge in [-0.1, -0.05) is 17.7 Å². The van der Waals surface area contributed by atoms with Gasteiger partial charge >= 0.3 is 0 Å². The van der Waals surface area contributed by atoms with Gasteiger partial charge in [-0.15, -0.1) is 0 Å². The van der Waals surface area contributed by atoms with Gasteiger partial charge in [-0.05, 0) is 49.9 Å². The fourth-order valence-corrected chi connectivity index (χ4v) is 2.47. The smallest absolute Gasteiger partial charge is 0.144 e. The maximum atomic E-state index is 13.9. The van der Waals surface area contributed by atoms with Crippen LogP contribution in [-0.2, 0) is 0 Å². The Morgan fingerprint density at radius 2 is 1.85 bits per heavy atom. The molecule has 0 aliphatic carbocycles. The number of aromatic amines is 1. The molecule has 0 aliphatic rings. The second kappa shape index (κ2) is 9.00. The third kappa shape index (κ3) is 4.74. The number of rotatable bonds is 4. The largest absolute Gasteiger partial charge is 0.356 e. The van der Waals surface area contributed by atoms with E-state index in [9.17, 15) is 8.78 Å². The van der Waals surface area contributed by atoms with Crippen molar-refractivity contribution in [3.63, 3.8) is 0 Å². The van der Waals surface area contributed by atoms with Gasteiger partial charge in [-0.2, -0.15) is 12.6 Å². The number of H-pyrrole nitrogens is 1. The van der Waals surface area contributed by atoms with E-state index in [1.165, 1.54) is 24.3 Å². The van der Waals surface area contributed by atoms with Gasteiger partial charge in [-0.3, -0.25) is 0 Å². The quantitative estimate of drug-likeness (QED) is 0.538. The van der Waals surface area contributed by atoms with E-state index in [1.54, 1.807) is 25.4 Å². The number of hydrogen-bond donors (Lipinski definition) is 3. The van der Waals surface area contributed by atoms with Crippen molar-refractivity contribution in [2.45, 2.75) is 19.9 Å². The van der Waals surface area contributed by atoms with Crippen LogP contribution in [0.3, 0.4) is 0 Å². The van der Waals surface area contributed by atoms with Crippen LogP contribution in [-0.4, -0.2) is 21.2 Å². The zero-order chi connectivity index (χ0) is 19.3. The molecule has 8 heteroatoms. The van der Waals surface area contributed by atoms with Gasteiger partial charge in [0, 0.05) is 11.9 Å². The van der Waals surface area contributed by atoms with Gasteiger partial charge in [0.1, 0.15) is 29.3 Å². The Labute approximate surface area is 161 Å². The Kier molecular flexibility index (Phi) is 6.99. The number of nitrogens with zero attached hydrogens (tertiary/aromatic N) is 2. The lowest BCUT2D eigenvalue weighted by atomic mass is 10.1. The summed E-state index contributed by atoms with van der Waals surface area (Å²) in [5.74, 6) is 0.150. The molecule has 26 heavy (non-hydrogen) atoms. The molecule has 1 aromatic carbocycles. The van der Waals surface area contributed by atoms with E-state index in [1.807, 2.05) is 6.92 Å².